The molecule has 0 fully saturated rings. The lowest BCUT2D eigenvalue weighted by molar-refractivity contribution is -0.152. The van der Waals surface area contributed by atoms with Gasteiger partial charge in [0.1, 0.15) is 6.54 Å². The first-order valence-corrected chi connectivity index (χ1v) is 9.50. The molecule has 30 heavy (non-hydrogen) atoms. The molecule has 2 aromatic rings. The van der Waals surface area contributed by atoms with Crippen LogP contribution in [0.5, 0.6) is 11.5 Å². The summed E-state index contributed by atoms with van der Waals surface area (Å²) in [5.74, 6) is -0.597. The van der Waals surface area contributed by atoms with E-state index in [2.05, 4.69) is 10.6 Å². The van der Waals surface area contributed by atoms with Crippen LogP contribution in [0.15, 0.2) is 30.3 Å². The lowest BCUT2D eigenvalue weighted by atomic mass is 10.0. The summed E-state index contributed by atoms with van der Waals surface area (Å²) in [5.41, 5.74) is 3.97. The highest BCUT2D eigenvalue weighted by Gasteiger charge is 2.21. The van der Waals surface area contributed by atoms with Crippen molar-refractivity contribution in [1.29, 1.82) is 0 Å². The van der Waals surface area contributed by atoms with E-state index in [9.17, 15) is 14.4 Å². The Morgan fingerprint density at radius 2 is 1.70 bits per heavy atom. The summed E-state index contributed by atoms with van der Waals surface area (Å²) in [7, 11) is 0. The van der Waals surface area contributed by atoms with Crippen molar-refractivity contribution in [2.24, 2.45) is 0 Å². The third-order valence-corrected chi connectivity index (χ3v) is 4.63. The Labute approximate surface area is 174 Å². The lowest BCUT2D eigenvalue weighted by Gasteiger charge is -2.17. The van der Waals surface area contributed by atoms with E-state index < -0.39 is 23.9 Å². The van der Waals surface area contributed by atoms with Crippen molar-refractivity contribution in [2.75, 3.05) is 18.7 Å². The lowest BCUT2D eigenvalue weighted by Crippen LogP contribution is -2.36. The van der Waals surface area contributed by atoms with Crippen molar-refractivity contribution in [3.05, 3.63) is 52.6 Å². The standard InChI is InChI=1S/C22H24N2O6/c1-12-7-13(2)20(14(3)8-12)24-21(26)15(4)30-19(25)10-23-22(27)16-5-6-17-18(9-16)29-11-28-17/h5-9,15H,10-11H2,1-4H3,(H,23,27)(H,24,26)/t15-/m0/s1. The monoisotopic (exact) mass is 412 g/mol. The maximum absolute atomic E-state index is 12.4. The maximum atomic E-state index is 12.4. The number of rotatable bonds is 6. The van der Waals surface area contributed by atoms with Crippen molar-refractivity contribution in [3.63, 3.8) is 0 Å². The van der Waals surface area contributed by atoms with Gasteiger partial charge in [0.05, 0.1) is 0 Å². The normalized spacial score (nSPS) is 12.8. The van der Waals surface area contributed by atoms with Gasteiger partial charge in [-0.1, -0.05) is 17.7 Å². The summed E-state index contributed by atoms with van der Waals surface area (Å²) < 4.78 is 15.6. The second-order valence-corrected chi connectivity index (χ2v) is 7.15. The molecule has 8 nitrogen and oxygen atoms in total. The van der Waals surface area contributed by atoms with Gasteiger partial charge in [0.15, 0.2) is 17.6 Å². The van der Waals surface area contributed by atoms with Crippen LogP contribution in [0.4, 0.5) is 5.69 Å². The number of carbonyl (C=O) groups is 3. The molecule has 0 saturated heterocycles. The third-order valence-electron chi connectivity index (χ3n) is 4.63. The van der Waals surface area contributed by atoms with Crippen LogP contribution in [0.2, 0.25) is 0 Å². The van der Waals surface area contributed by atoms with E-state index in [1.807, 2.05) is 32.9 Å². The number of aryl methyl sites for hydroxylation is 3. The van der Waals surface area contributed by atoms with E-state index in [4.69, 9.17) is 14.2 Å². The van der Waals surface area contributed by atoms with Gasteiger partial charge in [-0.25, -0.2) is 0 Å². The molecule has 0 aliphatic carbocycles. The van der Waals surface area contributed by atoms with Crippen LogP contribution in [0.25, 0.3) is 0 Å². The molecule has 0 aromatic heterocycles. The summed E-state index contributed by atoms with van der Waals surface area (Å²) in [6, 6.07) is 8.65. The summed E-state index contributed by atoms with van der Waals surface area (Å²) in [6.07, 6.45) is -1.01. The molecule has 3 rings (SSSR count). The number of hydrogen-bond donors (Lipinski definition) is 2. The van der Waals surface area contributed by atoms with Crippen LogP contribution in [0.1, 0.15) is 34.0 Å². The molecular formula is C22H24N2O6. The van der Waals surface area contributed by atoms with Gasteiger partial charge in [-0.3, -0.25) is 14.4 Å². The van der Waals surface area contributed by atoms with E-state index in [0.29, 0.717) is 22.7 Å². The predicted molar refractivity (Wildman–Crippen MR) is 110 cm³/mol. The fourth-order valence-corrected chi connectivity index (χ4v) is 3.19. The third kappa shape index (κ3) is 4.89. The molecule has 158 valence electrons. The smallest absolute Gasteiger partial charge is 0.326 e. The van der Waals surface area contributed by atoms with Crippen molar-refractivity contribution < 1.29 is 28.6 Å². The molecule has 0 spiro atoms. The number of fused-ring (bicyclic) bond motifs is 1. The first-order chi connectivity index (χ1) is 14.2. The Bertz CT molecular complexity index is 978. The molecule has 1 aliphatic heterocycles. The fourth-order valence-electron chi connectivity index (χ4n) is 3.19. The van der Waals surface area contributed by atoms with Gasteiger partial charge >= 0.3 is 5.97 Å². The Morgan fingerprint density at radius 1 is 1.03 bits per heavy atom. The minimum atomic E-state index is -1.01. The maximum Gasteiger partial charge on any atom is 0.326 e. The van der Waals surface area contributed by atoms with E-state index in [-0.39, 0.29) is 13.3 Å². The predicted octanol–water partition coefficient (Wildman–Crippen LogP) is 2.64. The number of carbonyl (C=O) groups excluding carboxylic acids is 3. The van der Waals surface area contributed by atoms with Crippen LogP contribution < -0.4 is 20.1 Å². The number of anilines is 1. The molecule has 2 amide bonds. The van der Waals surface area contributed by atoms with Crippen LogP contribution in [-0.4, -0.2) is 37.2 Å². The Kier molecular flexibility index (Phi) is 6.25. The van der Waals surface area contributed by atoms with E-state index >= 15 is 0 Å². The summed E-state index contributed by atoms with van der Waals surface area (Å²) >= 11 is 0. The highest BCUT2D eigenvalue weighted by atomic mass is 16.7. The van der Waals surface area contributed by atoms with E-state index in [1.54, 1.807) is 12.1 Å². The van der Waals surface area contributed by atoms with Gasteiger partial charge in [-0.15, -0.1) is 0 Å². The number of hydrogen-bond acceptors (Lipinski definition) is 6. The molecule has 1 heterocycles. The Morgan fingerprint density at radius 3 is 2.40 bits per heavy atom. The summed E-state index contributed by atoms with van der Waals surface area (Å²) in [6.45, 7) is 7.00. The zero-order valence-corrected chi connectivity index (χ0v) is 17.3. The van der Waals surface area contributed by atoms with E-state index in [0.717, 1.165) is 16.7 Å². The molecule has 1 aliphatic rings. The number of amides is 2. The fraction of sp³-hybridized carbons (Fsp3) is 0.318. The molecule has 2 N–H and O–H groups in total. The SMILES string of the molecule is Cc1cc(C)c(NC(=O)[C@H](C)OC(=O)CNC(=O)c2ccc3c(c2)OCO3)c(C)c1. The number of esters is 1. The molecule has 0 saturated carbocycles. The molecule has 0 unspecified atom stereocenters. The van der Waals surface area contributed by atoms with Gasteiger partial charge in [0, 0.05) is 11.3 Å². The second-order valence-electron chi connectivity index (χ2n) is 7.15. The van der Waals surface area contributed by atoms with Crippen molar-refractivity contribution >= 4 is 23.5 Å². The first-order valence-electron chi connectivity index (χ1n) is 9.50. The Balaban J connectivity index is 1.50. The quantitative estimate of drug-likeness (QED) is 0.707. The molecule has 0 bridgehead atoms. The summed E-state index contributed by atoms with van der Waals surface area (Å²) in [5, 5.41) is 5.26. The number of nitrogens with one attached hydrogen (secondary N) is 2. The van der Waals surface area contributed by atoms with Crippen LogP contribution in [0.3, 0.4) is 0 Å². The highest BCUT2D eigenvalue weighted by molar-refractivity contribution is 5.98. The van der Waals surface area contributed by atoms with Gasteiger partial charge in [-0.05, 0) is 57.0 Å². The van der Waals surface area contributed by atoms with Crippen LogP contribution in [-0.2, 0) is 14.3 Å². The second kappa shape index (κ2) is 8.86. The van der Waals surface area contributed by atoms with Crippen molar-refractivity contribution in [2.45, 2.75) is 33.8 Å². The molecular weight excluding hydrogens is 388 g/mol. The van der Waals surface area contributed by atoms with Crippen molar-refractivity contribution in [3.8, 4) is 11.5 Å². The number of benzene rings is 2. The number of ether oxygens (including phenoxy) is 3. The van der Waals surface area contributed by atoms with Gasteiger partial charge < -0.3 is 24.8 Å². The van der Waals surface area contributed by atoms with Crippen molar-refractivity contribution in [1.82, 2.24) is 5.32 Å². The molecule has 8 heteroatoms. The van der Waals surface area contributed by atoms with Crippen LogP contribution in [0, 0.1) is 20.8 Å². The highest BCUT2D eigenvalue weighted by Crippen LogP contribution is 2.32. The van der Waals surface area contributed by atoms with Gasteiger partial charge in [0.2, 0.25) is 6.79 Å². The average molecular weight is 412 g/mol. The largest absolute Gasteiger partial charge is 0.454 e. The van der Waals surface area contributed by atoms with E-state index in [1.165, 1.54) is 13.0 Å². The zero-order chi connectivity index (χ0) is 21.8. The minimum absolute atomic E-state index is 0.105. The van der Waals surface area contributed by atoms with Crippen LogP contribution >= 0.6 is 0 Å². The minimum Gasteiger partial charge on any atom is -0.454 e. The topological polar surface area (TPSA) is 103 Å². The van der Waals surface area contributed by atoms with Gasteiger partial charge in [0.25, 0.3) is 11.8 Å². The summed E-state index contributed by atoms with van der Waals surface area (Å²) in [4.78, 5) is 36.7. The average Bonchev–Trinajstić information content (AvgIpc) is 3.16. The molecule has 0 radical (unpaired) electrons. The molecule has 1 atom stereocenters. The Hall–Kier alpha value is -3.55. The first kappa shape index (κ1) is 21.2. The van der Waals surface area contributed by atoms with Gasteiger partial charge in [-0.2, -0.15) is 0 Å². The zero-order valence-electron chi connectivity index (χ0n) is 17.3. The molecule has 2 aromatic carbocycles.